The number of hydrogen-bond donors (Lipinski definition) is 0. The molecule has 0 atom stereocenters. The topological polar surface area (TPSA) is 52.6 Å². The van der Waals surface area contributed by atoms with Gasteiger partial charge in [0.1, 0.15) is 0 Å². The van der Waals surface area contributed by atoms with E-state index in [9.17, 15) is 0 Å². The maximum Gasteiger partial charge on any atom is 2.00 e. The van der Waals surface area contributed by atoms with Gasteiger partial charge in [-0.3, -0.25) is 0 Å². The van der Waals surface area contributed by atoms with E-state index in [-0.39, 0.29) is 19.5 Å². The fourth-order valence-corrected chi connectivity index (χ4v) is 0. The molecule has 0 saturated carbocycles. The molecule has 0 aliphatic rings. The van der Waals surface area contributed by atoms with Crippen LogP contribution in [0.5, 0.6) is 0 Å². The zero-order chi connectivity index (χ0) is 6.83. The molecule has 0 heterocycles. The second-order valence-electron chi connectivity index (χ2n) is 0.575. The molecular weight excluding hydrogens is 215 g/mol. The number of carbonyl (C=O) groups excluding carboxylic acids is 2. The third kappa shape index (κ3) is 95.8. The molecule has 5 heteroatoms. The number of rotatable bonds is 2. The molecule has 0 aliphatic carbocycles. The summed E-state index contributed by atoms with van der Waals surface area (Å²) in [4.78, 5) is 17.7. The Labute approximate surface area is 66.3 Å². The van der Waals surface area contributed by atoms with Gasteiger partial charge >= 0.3 is 19.5 Å². The molecule has 0 aromatic heterocycles. The number of hydrogen-bond acceptors (Lipinski definition) is 4. The van der Waals surface area contributed by atoms with Crippen LogP contribution in [0.15, 0.2) is 0 Å². The van der Waals surface area contributed by atoms with Gasteiger partial charge in [0.25, 0.3) is 0 Å². The molecule has 55 valence electrons. The average molecular weight is 221 g/mol. The van der Waals surface area contributed by atoms with Crippen LogP contribution in [0.3, 0.4) is 0 Å². The first-order valence-corrected chi connectivity index (χ1v) is 1.63. The van der Waals surface area contributed by atoms with Crippen LogP contribution in [0.25, 0.3) is 0 Å². The Bertz CT molecular complexity index is 48.5. The van der Waals surface area contributed by atoms with Gasteiger partial charge in [-0.25, -0.2) is 0 Å². The van der Waals surface area contributed by atoms with Crippen molar-refractivity contribution in [1.82, 2.24) is 0 Å². The van der Waals surface area contributed by atoms with Crippen molar-refractivity contribution in [3.05, 3.63) is 0 Å². The summed E-state index contributed by atoms with van der Waals surface area (Å²) in [5.41, 5.74) is 0. The van der Waals surface area contributed by atoms with E-state index in [4.69, 9.17) is 9.59 Å². The maximum absolute atomic E-state index is 8.83. The fraction of sp³-hybridized carbons (Fsp3) is 0.500. The van der Waals surface area contributed by atoms with Crippen LogP contribution >= 0.6 is 0 Å². The molecule has 0 spiro atoms. The molecule has 0 aliphatic heterocycles. The summed E-state index contributed by atoms with van der Waals surface area (Å²) in [5, 5.41) is 0. The second kappa shape index (κ2) is 25.7. The summed E-state index contributed by atoms with van der Waals surface area (Å²) in [5.74, 6) is 0. The minimum Gasteiger partial charge on any atom is -0.655 e. The van der Waals surface area contributed by atoms with Crippen molar-refractivity contribution in [2.75, 3.05) is 14.2 Å². The molecule has 9 heavy (non-hydrogen) atoms. The molecule has 0 aromatic carbocycles. The average Bonchev–Trinajstić information content (AvgIpc) is 1.88. The van der Waals surface area contributed by atoms with E-state index < -0.39 is 0 Å². The normalized spacial score (nSPS) is 4.67. The molecule has 0 amide bonds. The minimum absolute atomic E-state index is 0. The van der Waals surface area contributed by atoms with Gasteiger partial charge in [-0.15, -0.1) is 0 Å². The van der Waals surface area contributed by atoms with Crippen LogP contribution in [0.4, 0.5) is 0 Å². The summed E-state index contributed by atoms with van der Waals surface area (Å²) in [6.45, 7) is 2.36. The first-order chi connectivity index (χ1) is 3.83. The van der Waals surface area contributed by atoms with Crippen molar-refractivity contribution >= 4 is 12.9 Å². The minimum atomic E-state index is 0. The van der Waals surface area contributed by atoms with Gasteiger partial charge in [0.05, 0.1) is 0 Å². The largest absolute Gasteiger partial charge is 2.00 e. The van der Waals surface area contributed by atoms with E-state index >= 15 is 0 Å². The summed E-state index contributed by atoms with van der Waals surface area (Å²) in [6.07, 6.45) is 0. The predicted octanol–water partition coefficient (Wildman–Crippen LogP) is -0.603. The first-order valence-electron chi connectivity index (χ1n) is 1.63. The summed E-state index contributed by atoms with van der Waals surface area (Å²) in [6, 6.07) is 0. The van der Waals surface area contributed by atoms with Crippen LogP contribution in [-0.4, -0.2) is 27.2 Å². The maximum atomic E-state index is 8.83. The Kier molecular flexibility index (Phi) is 45.1. The van der Waals surface area contributed by atoms with Crippen LogP contribution in [0.2, 0.25) is 0 Å². The Balaban J connectivity index is -0.0000000720. The zero-order valence-electron chi connectivity index (χ0n) is 4.97. The second-order valence-corrected chi connectivity index (χ2v) is 0.575. The van der Waals surface area contributed by atoms with Crippen molar-refractivity contribution < 1.29 is 38.5 Å². The van der Waals surface area contributed by atoms with Gasteiger partial charge < -0.3 is 19.1 Å². The third-order valence-electron chi connectivity index (χ3n) is 0.167. The van der Waals surface area contributed by atoms with Crippen molar-refractivity contribution in [3.63, 3.8) is 0 Å². The molecule has 4 nitrogen and oxygen atoms in total. The van der Waals surface area contributed by atoms with Gasteiger partial charge in [-0.1, -0.05) is 12.9 Å². The Hall–Kier alpha value is -0.437. The van der Waals surface area contributed by atoms with Crippen molar-refractivity contribution in [3.8, 4) is 0 Å². The van der Waals surface area contributed by atoms with Crippen molar-refractivity contribution in [2.45, 2.75) is 0 Å². The predicted molar refractivity (Wildman–Crippen MR) is 25.4 cm³/mol. The molecule has 0 saturated heterocycles. The molecular formula is C4H6O4Rh. The quantitative estimate of drug-likeness (QED) is 0.461. The van der Waals surface area contributed by atoms with Gasteiger partial charge in [-0.2, -0.15) is 0 Å². The van der Waals surface area contributed by atoms with Crippen LogP contribution < -0.4 is 0 Å². The van der Waals surface area contributed by atoms with E-state index in [0.717, 1.165) is 0 Å². The van der Waals surface area contributed by atoms with Crippen molar-refractivity contribution in [1.29, 1.82) is 0 Å². The van der Waals surface area contributed by atoms with E-state index in [0.29, 0.717) is 0 Å². The molecule has 0 aromatic rings. The molecule has 0 bridgehead atoms. The number of ether oxygens (including phenoxy) is 2. The summed E-state index contributed by atoms with van der Waals surface area (Å²) >= 11 is 0. The van der Waals surface area contributed by atoms with Gasteiger partial charge in [0, 0.05) is 14.2 Å². The molecule has 0 N–H and O–H groups in total. The smallest absolute Gasteiger partial charge is 0.655 e. The SMILES string of the molecule is CO[C-]=O.CO[C-]=O.[Rh+2]. The monoisotopic (exact) mass is 221 g/mol. The van der Waals surface area contributed by atoms with E-state index in [1.54, 1.807) is 0 Å². The Morgan fingerprint density at radius 2 is 1.11 bits per heavy atom. The summed E-state index contributed by atoms with van der Waals surface area (Å²) < 4.78 is 7.47. The standard InChI is InChI=1S/2C2H3O2.Rh/c2*1-4-2-3;/h2*1H3;/q2*-1;+2. The first kappa shape index (κ1) is 15.8. The van der Waals surface area contributed by atoms with Gasteiger partial charge in [0.15, 0.2) is 0 Å². The Morgan fingerprint density at radius 1 is 1.00 bits per heavy atom. The molecule has 0 unspecified atom stereocenters. The van der Waals surface area contributed by atoms with E-state index in [2.05, 4.69) is 9.47 Å². The van der Waals surface area contributed by atoms with E-state index in [1.165, 1.54) is 27.2 Å². The molecule has 0 fully saturated rings. The van der Waals surface area contributed by atoms with Crippen LogP contribution in [0, 0.1) is 0 Å². The molecule has 1 radical (unpaired) electrons. The van der Waals surface area contributed by atoms with Crippen LogP contribution in [-0.2, 0) is 38.5 Å². The third-order valence-corrected chi connectivity index (χ3v) is 0.167. The fourth-order valence-electron chi connectivity index (χ4n) is 0. The van der Waals surface area contributed by atoms with Gasteiger partial charge in [-0.05, 0) is 0 Å². The van der Waals surface area contributed by atoms with Crippen molar-refractivity contribution in [2.24, 2.45) is 0 Å². The van der Waals surface area contributed by atoms with Gasteiger partial charge in [0.2, 0.25) is 0 Å². The summed E-state index contributed by atoms with van der Waals surface area (Å²) in [7, 11) is 2.51. The Morgan fingerprint density at radius 3 is 1.11 bits per heavy atom. The van der Waals surface area contributed by atoms with E-state index in [1.807, 2.05) is 0 Å². The zero-order valence-corrected chi connectivity index (χ0v) is 6.61. The number of methoxy groups -OCH3 is 2. The van der Waals surface area contributed by atoms with Crippen LogP contribution in [0.1, 0.15) is 0 Å². The molecule has 0 rings (SSSR count).